The number of nitrogens with zero attached hydrogens (tertiary/aromatic N) is 1. The molecule has 60 valence electrons. The highest BCUT2D eigenvalue weighted by atomic mass is 79.9. The van der Waals surface area contributed by atoms with Crippen LogP contribution in [0.5, 0.6) is 0 Å². The summed E-state index contributed by atoms with van der Waals surface area (Å²) in [6.07, 6.45) is 5.35. The van der Waals surface area contributed by atoms with Gasteiger partial charge >= 0.3 is 0 Å². The Hall–Kier alpha value is -0.150. The summed E-state index contributed by atoms with van der Waals surface area (Å²) in [5.74, 6) is 0. The summed E-state index contributed by atoms with van der Waals surface area (Å²) in [5.41, 5.74) is 1.11. The number of aromatic nitrogens is 1. The summed E-state index contributed by atoms with van der Waals surface area (Å²) in [5, 5.41) is 1.03. The molecule has 0 spiro atoms. The van der Waals surface area contributed by atoms with E-state index in [0.29, 0.717) is 0 Å². The molecular weight excluding hydrogens is 222 g/mol. The molecule has 0 atom stereocenters. The van der Waals surface area contributed by atoms with Gasteiger partial charge in [-0.25, -0.2) is 0 Å². The van der Waals surface area contributed by atoms with Crippen LogP contribution in [0.15, 0.2) is 12.1 Å². The summed E-state index contributed by atoms with van der Waals surface area (Å²) in [6.45, 7) is 2.01. The van der Waals surface area contributed by atoms with E-state index in [0.717, 1.165) is 17.4 Å². The molecular formula is C8H10BrNS. The van der Waals surface area contributed by atoms with Crippen molar-refractivity contribution in [3.8, 4) is 0 Å². The van der Waals surface area contributed by atoms with Crippen LogP contribution in [-0.4, -0.2) is 9.70 Å². The van der Waals surface area contributed by atoms with Gasteiger partial charge < -0.3 is 0 Å². The van der Waals surface area contributed by atoms with Crippen molar-refractivity contribution in [1.82, 2.24) is 4.37 Å². The van der Waals surface area contributed by atoms with Gasteiger partial charge in [0.05, 0.1) is 5.69 Å². The second kappa shape index (κ2) is 4.67. The summed E-state index contributed by atoms with van der Waals surface area (Å²) < 4.78 is 4.17. The third kappa shape index (κ3) is 3.16. The van der Waals surface area contributed by atoms with E-state index >= 15 is 0 Å². The van der Waals surface area contributed by atoms with Gasteiger partial charge in [0.2, 0.25) is 0 Å². The van der Waals surface area contributed by atoms with Crippen LogP contribution in [0.25, 0.3) is 6.08 Å². The van der Waals surface area contributed by atoms with Crippen LogP contribution in [0.4, 0.5) is 0 Å². The van der Waals surface area contributed by atoms with E-state index in [1.807, 2.05) is 6.92 Å². The zero-order valence-electron chi connectivity index (χ0n) is 6.38. The Kier molecular flexibility index (Phi) is 3.80. The molecule has 0 bridgehead atoms. The van der Waals surface area contributed by atoms with Gasteiger partial charge in [-0.2, -0.15) is 4.37 Å². The predicted molar refractivity (Wildman–Crippen MR) is 54.3 cm³/mol. The maximum absolute atomic E-state index is 4.17. The Balaban J connectivity index is 2.50. The molecule has 1 aromatic heterocycles. The number of aryl methyl sites for hydroxylation is 1. The normalized spacial score (nSPS) is 11.1. The minimum atomic E-state index is 1.03. The summed E-state index contributed by atoms with van der Waals surface area (Å²) in [7, 11) is 0. The fourth-order valence-corrected chi connectivity index (χ4v) is 1.67. The van der Waals surface area contributed by atoms with Crippen LogP contribution < -0.4 is 0 Å². The van der Waals surface area contributed by atoms with Crippen molar-refractivity contribution in [2.24, 2.45) is 0 Å². The Morgan fingerprint density at radius 1 is 1.73 bits per heavy atom. The van der Waals surface area contributed by atoms with Gasteiger partial charge in [-0.3, -0.25) is 0 Å². The maximum Gasteiger partial charge on any atom is 0.0517 e. The molecule has 11 heavy (non-hydrogen) atoms. The molecule has 0 N–H and O–H groups in total. The van der Waals surface area contributed by atoms with Crippen molar-refractivity contribution in [3.63, 3.8) is 0 Å². The second-order valence-corrected chi connectivity index (χ2v) is 3.88. The zero-order valence-corrected chi connectivity index (χ0v) is 8.78. The Morgan fingerprint density at radius 2 is 2.55 bits per heavy atom. The van der Waals surface area contributed by atoms with Gasteiger partial charge in [-0.05, 0) is 37.0 Å². The van der Waals surface area contributed by atoms with Crippen molar-refractivity contribution < 1.29 is 0 Å². The van der Waals surface area contributed by atoms with Crippen LogP contribution in [0.1, 0.15) is 17.0 Å². The summed E-state index contributed by atoms with van der Waals surface area (Å²) in [6, 6.07) is 2.09. The maximum atomic E-state index is 4.17. The van der Waals surface area contributed by atoms with Crippen LogP contribution in [-0.2, 0) is 0 Å². The number of alkyl halides is 1. The largest absolute Gasteiger partial charge is 0.197 e. The molecule has 1 aromatic rings. The first-order valence-corrected chi connectivity index (χ1v) is 5.38. The standard InChI is InChI=1S/C8H10BrNS/c1-7-6-8(11-10-7)4-2-3-5-9/h2,4,6H,3,5H2,1H3/b4-2+. The van der Waals surface area contributed by atoms with Gasteiger partial charge in [0, 0.05) is 10.2 Å². The van der Waals surface area contributed by atoms with Gasteiger partial charge in [0.1, 0.15) is 0 Å². The lowest BCUT2D eigenvalue weighted by molar-refractivity contribution is 1.27. The molecule has 0 aliphatic carbocycles. The zero-order chi connectivity index (χ0) is 8.10. The molecule has 0 fully saturated rings. The van der Waals surface area contributed by atoms with E-state index in [1.165, 1.54) is 4.88 Å². The quantitative estimate of drug-likeness (QED) is 0.729. The first kappa shape index (κ1) is 8.94. The smallest absolute Gasteiger partial charge is 0.0517 e. The van der Waals surface area contributed by atoms with E-state index < -0.39 is 0 Å². The van der Waals surface area contributed by atoms with Gasteiger partial charge in [-0.15, -0.1) is 0 Å². The molecule has 0 saturated heterocycles. The van der Waals surface area contributed by atoms with Crippen LogP contribution in [0, 0.1) is 6.92 Å². The monoisotopic (exact) mass is 231 g/mol. The molecule has 0 unspecified atom stereocenters. The first-order valence-electron chi connectivity index (χ1n) is 3.49. The van der Waals surface area contributed by atoms with E-state index in [-0.39, 0.29) is 0 Å². The first-order chi connectivity index (χ1) is 5.33. The van der Waals surface area contributed by atoms with Crippen LogP contribution in [0.3, 0.4) is 0 Å². The molecule has 0 amide bonds. The third-order valence-corrected chi connectivity index (χ3v) is 2.51. The van der Waals surface area contributed by atoms with Crippen molar-refractivity contribution in [2.45, 2.75) is 13.3 Å². The minimum absolute atomic E-state index is 1.03. The molecule has 0 aliphatic rings. The van der Waals surface area contributed by atoms with Crippen molar-refractivity contribution in [2.75, 3.05) is 5.33 Å². The molecule has 1 rings (SSSR count). The van der Waals surface area contributed by atoms with E-state index in [4.69, 9.17) is 0 Å². The van der Waals surface area contributed by atoms with Crippen molar-refractivity contribution in [1.29, 1.82) is 0 Å². The molecule has 0 aliphatic heterocycles. The number of hydrogen-bond donors (Lipinski definition) is 0. The third-order valence-electron chi connectivity index (χ3n) is 1.20. The lowest BCUT2D eigenvalue weighted by atomic mass is 10.3. The van der Waals surface area contributed by atoms with Crippen molar-refractivity contribution >= 4 is 33.5 Å². The van der Waals surface area contributed by atoms with Crippen LogP contribution >= 0.6 is 27.5 Å². The van der Waals surface area contributed by atoms with Gasteiger partial charge in [-0.1, -0.05) is 22.0 Å². The molecule has 3 heteroatoms. The highest BCUT2D eigenvalue weighted by Gasteiger charge is 1.90. The number of rotatable bonds is 3. The molecule has 0 aromatic carbocycles. The highest BCUT2D eigenvalue weighted by molar-refractivity contribution is 9.09. The fraction of sp³-hybridized carbons (Fsp3) is 0.375. The fourth-order valence-electron chi connectivity index (χ4n) is 0.724. The van der Waals surface area contributed by atoms with Gasteiger partial charge in [0.15, 0.2) is 0 Å². The molecule has 1 heterocycles. The molecule has 0 radical (unpaired) electrons. The van der Waals surface area contributed by atoms with Gasteiger partial charge in [0.25, 0.3) is 0 Å². The van der Waals surface area contributed by atoms with Crippen molar-refractivity contribution in [3.05, 3.63) is 22.7 Å². The lowest BCUT2D eigenvalue weighted by Gasteiger charge is -1.81. The Bertz CT molecular complexity index is 242. The molecule has 0 saturated carbocycles. The minimum Gasteiger partial charge on any atom is -0.197 e. The summed E-state index contributed by atoms with van der Waals surface area (Å²) in [4.78, 5) is 1.24. The number of hydrogen-bond acceptors (Lipinski definition) is 2. The lowest BCUT2D eigenvalue weighted by Crippen LogP contribution is -1.64. The van der Waals surface area contributed by atoms with E-state index in [9.17, 15) is 0 Å². The van der Waals surface area contributed by atoms with E-state index in [2.05, 4.69) is 38.5 Å². The highest BCUT2D eigenvalue weighted by Crippen LogP contribution is 2.11. The average Bonchev–Trinajstić information content (AvgIpc) is 2.37. The number of allylic oxidation sites excluding steroid dienone is 1. The number of halogens is 1. The average molecular weight is 232 g/mol. The Morgan fingerprint density at radius 3 is 3.09 bits per heavy atom. The van der Waals surface area contributed by atoms with E-state index in [1.54, 1.807) is 11.5 Å². The Labute approximate surface area is 79.4 Å². The second-order valence-electron chi connectivity index (χ2n) is 2.25. The SMILES string of the molecule is Cc1cc(/C=C/CCBr)sn1. The molecule has 1 nitrogen and oxygen atoms in total. The summed E-state index contributed by atoms with van der Waals surface area (Å²) >= 11 is 4.91. The van der Waals surface area contributed by atoms with Crippen LogP contribution in [0.2, 0.25) is 0 Å². The topological polar surface area (TPSA) is 12.9 Å². The predicted octanol–water partition coefficient (Wildman–Crippen LogP) is 3.25.